The van der Waals surface area contributed by atoms with Gasteiger partial charge in [-0.3, -0.25) is 0 Å². The standard InChI is InChI=1S/C30H27N2O.C20H26GeN.Ir/c1-19-6-5-7-20(2)29(19)26-12-11-24-25-18-23(10-13-28(25)33-30(24)32-26)27-17-22(14-15-31-27)16-21-8-3-4-9-21;1-21(2,3)19-13-14-20(22-15-19)18-11-9-17(10-12-18)16-7-5-4-6-8-16;/h5-7,11-15,17-18,21H,3-4,8-9,16H2,1-2H3;9-11,13-16H,4-8H2,1-3H3;/q2*-1;/i16D2;16D;. The van der Waals surface area contributed by atoms with Gasteiger partial charge in [-0.1, -0.05) is 60.9 Å². The van der Waals surface area contributed by atoms with Crippen LogP contribution < -0.4 is 4.40 Å². The summed E-state index contributed by atoms with van der Waals surface area (Å²) >= 11 is -1.79. The molecule has 2 aliphatic rings. The Morgan fingerprint density at radius 1 is 0.750 bits per heavy atom. The van der Waals surface area contributed by atoms with E-state index >= 15 is 0 Å². The average Bonchev–Trinajstić information content (AvgIpc) is 3.90. The predicted molar refractivity (Wildman–Crippen MR) is 231 cm³/mol. The first-order valence-electron chi connectivity index (χ1n) is 21.6. The van der Waals surface area contributed by atoms with Crippen LogP contribution in [0.3, 0.4) is 0 Å². The maximum atomic E-state index is 8.76. The van der Waals surface area contributed by atoms with Crippen LogP contribution in [-0.4, -0.2) is 28.2 Å². The molecule has 289 valence electrons. The van der Waals surface area contributed by atoms with Gasteiger partial charge in [-0.25, -0.2) is 4.98 Å². The normalized spacial score (nSPS) is 16.7. The largest absolute Gasteiger partial charge is 0 e. The first kappa shape index (κ1) is 36.4. The van der Waals surface area contributed by atoms with Gasteiger partial charge in [0.15, 0.2) is 0 Å². The molecule has 4 heterocycles. The van der Waals surface area contributed by atoms with Gasteiger partial charge in [-0.2, -0.15) is 0 Å². The number of hydrogen-bond donors (Lipinski definition) is 0. The van der Waals surface area contributed by atoms with Gasteiger partial charge in [-0.05, 0) is 61.2 Å². The van der Waals surface area contributed by atoms with Crippen molar-refractivity contribution in [1.82, 2.24) is 15.0 Å². The predicted octanol–water partition coefficient (Wildman–Crippen LogP) is 13.0. The maximum absolute atomic E-state index is 8.76. The third-order valence-electron chi connectivity index (χ3n) is 11.4. The van der Waals surface area contributed by atoms with Crippen LogP contribution in [0.15, 0.2) is 102 Å². The summed E-state index contributed by atoms with van der Waals surface area (Å²) < 4.78 is 33.8. The Kier molecular flexibility index (Phi) is 11.5. The molecule has 4 aromatic heterocycles. The molecule has 56 heavy (non-hydrogen) atoms. The van der Waals surface area contributed by atoms with E-state index in [9.17, 15) is 0 Å². The number of pyridine rings is 3. The molecule has 0 aliphatic heterocycles. The second-order valence-electron chi connectivity index (χ2n) is 16.4. The summed E-state index contributed by atoms with van der Waals surface area (Å²) in [6.45, 7) is 4.20. The van der Waals surface area contributed by atoms with Crippen molar-refractivity contribution in [2.75, 3.05) is 0 Å². The Balaban J connectivity index is 0.000000192. The van der Waals surface area contributed by atoms with E-state index in [2.05, 4.69) is 108 Å². The van der Waals surface area contributed by atoms with Gasteiger partial charge >= 0.3 is 139 Å². The number of aromatic nitrogens is 3. The molecule has 0 amide bonds. The van der Waals surface area contributed by atoms with Crippen LogP contribution in [0.5, 0.6) is 0 Å². The average molecular weight is 980 g/mol. The zero-order valence-electron chi connectivity index (χ0n) is 36.3. The molecule has 0 bridgehead atoms. The van der Waals surface area contributed by atoms with E-state index in [0.29, 0.717) is 11.3 Å². The number of furan rings is 1. The van der Waals surface area contributed by atoms with Gasteiger partial charge in [0, 0.05) is 40.0 Å². The molecule has 0 unspecified atom stereocenters. The molecule has 0 saturated heterocycles. The minimum absolute atomic E-state index is 0. The van der Waals surface area contributed by atoms with E-state index in [4.69, 9.17) is 13.5 Å². The van der Waals surface area contributed by atoms with Crippen molar-refractivity contribution in [3.8, 4) is 33.8 Å². The van der Waals surface area contributed by atoms with Crippen LogP contribution in [0, 0.1) is 31.9 Å². The molecule has 2 saturated carbocycles. The Bertz CT molecular complexity index is 2530. The van der Waals surface area contributed by atoms with E-state index in [1.54, 1.807) is 6.20 Å². The summed E-state index contributed by atoms with van der Waals surface area (Å²) in [6, 6.07) is 35.2. The van der Waals surface area contributed by atoms with E-state index in [-0.39, 0.29) is 26.0 Å². The van der Waals surface area contributed by atoms with Crippen LogP contribution in [-0.2, 0) is 26.5 Å². The monoisotopic (exact) mass is 981 g/mol. The fourth-order valence-corrected chi connectivity index (χ4v) is 10.3. The first-order chi connectivity index (χ1) is 27.8. The first-order valence-corrected chi connectivity index (χ1v) is 27.4. The molecule has 0 spiro atoms. The molecule has 2 fully saturated rings. The van der Waals surface area contributed by atoms with Crippen LogP contribution in [0.1, 0.15) is 90.0 Å². The minimum atomic E-state index is -1.79. The summed E-state index contributed by atoms with van der Waals surface area (Å²) in [7, 11) is 0. The van der Waals surface area contributed by atoms with Crippen molar-refractivity contribution < 1.29 is 28.6 Å². The van der Waals surface area contributed by atoms with Crippen molar-refractivity contribution in [2.45, 2.75) is 101 Å². The zero-order chi connectivity index (χ0) is 40.7. The fraction of sp³-hybridized carbons (Fsp3) is 0.340. The SMILES string of the molecule is [2H]C([2H])(c1ccnc(-c2[c-]cc3oc4nc(-c5c(C)cccc5C)ccc4c3c2)c1)C1CCCC1.[2H]C1(c2c[c-]c(-c3cc[c]([Ge]([CH3])([CH3])[CH3])cn3)cc2)CCCCC1.[Ir]. The molecule has 7 aromatic rings. The van der Waals surface area contributed by atoms with Gasteiger partial charge in [0.2, 0.25) is 5.71 Å². The van der Waals surface area contributed by atoms with E-state index < -0.39 is 25.5 Å². The molecule has 2 aliphatic carbocycles. The summed E-state index contributed by atoms with van der Waals surface area (Å²) in [6.07, 6.45) is 12.1. The number of nitrogens with zero attached hydrogens (tertiary/aromatic N) is 3. The number of aryl methyl sites for hydroxylation is 2. The molecule has 4 nitrogen and oxygen atoms in total. The Morgan fingerprint density at radius 2 is 1.48 bits per heavy atom. The second-order valence-corrected chi connectivity index (χ2v) is 27.1. The maximum Gasteiger partial charge on any atom is 0 e. The van der Waals surface area contributed by atoms with E-state index in [0.717, 1.165) is 94.2 Å². The van der Waals surface area contributed by atoms with Crippen LogP contribution in [0.4, 0.5) is 0 Å². The van der Waals surface area contributed by atoms with Crippen molar-refractivity contribution in [2.24, 2.45) is 5.92 Å². The molecule has 9 rings (SSSR count). The van der Waals surface area contributed by atoms with Gasteiger partial charge in [0.25, 0.3) is 0 Å². The quantitative estimate of drug-likeness (QED) is 0.118. The fourth-order valence-electron chi connectivity index (χ4n) is 8.15. The van der Waals surface area contributed by atoms with Gasteiger partial charge in [0.1, 0.15) is 0 Å². The number of benzene rings is 3. The molecular weight excluding hydrogens is 923 g/mol. The molecule has 6 heteroatoms. The summed E-state index contributed by atoms with van der Waals surface area (Å²) in [5, 5.41) is 1.91. The van der Waals surface area contributed by atoms with Crippen molar-refractivity contribution in [1.29, 1.82) is 0 Å². The molecule has 1 radical (unpaired) electrons. The molecule has 3 aromatic carbocycles. The topological polar surface area (TPSA) is 51.8 Å². The third kappa shape index (κ3) is 9.12. The van der Waals surface area contributed by atoms with Gasteiger partial charge < -0.3 is 9.40 Å². The third-order valence-corrected chi connectivity index (χ3v) is 15.6. The van der Waals surface area contributed by atoms with E-state index in [1.807, 2.05) is 36.5 Å². The van der Waals surface area contributed by atoms with Gasteiger partial charge in [0.05, 0.1) is 11.3 Å². The smallest absolute Gasteiger partial charge is 0 e. The summed E-state index contributed by atoms with van der Waals surface area (Å²) in [4.78, 5) is 14.0. The molecule has 0 N–H and O–H groups in total. The Labute approximate surface area is 353 Å². The number of fused-ring (bicyclic) bond motifs is 3. The van der Waals surface area contributed by atoms with Crippen molar-refractivity contribution in [3.63, 3.8) is 0 Å². The van der Waals surface area contributed by atoms with Crippen molar-refractivity contribution >= 4 is 39.7 Å². The van der Waals surface area contributed by atoms with E-state index in [1.165, 1.54) is 34.8 Å². The zero-order valence-corrected chi connectivity index (χ0v) is 37.8. The van der Waals surface area contributed by atoms with Crippen molar-refractivity contribution in [3.05, 3.63) is 132 Å². The molecular formula is C50H53GeIrN3O-2. The number of rotatable bonds is 7. The van der Waals surface area contributed by atoms with Crippen LogP contribution >= 0.6 is 0 Å². The Morgan fingerprint density at radius 3 is 2.18 bits per heavy atom. The molecule has 0 atom stereocenters. The van der Waals surface area contributed by atoms with Crippen LogP contribution in [0.25, 0.3) is 55.8 Å². The number of hydrogen-bond acceptors (Lipinski definition) is 4. The summed E-state index contributed by atoms with van der Waals surface area (Å²) in [5.41, 5.74) is 11.1. The second kappa shape index (κ2) is 17.7. The van der Waals surface area contributed by atoms with Crippen LogP contribution in [0.2, 0.25) is 17.3 Å². The van der Waals surface area contributed by atoms with Gasteiger partial charge in [-0.15, -0.1) is 23.8 Å². The minimum Gasteiger partial charge on any atom is 0 e. The Hall–Kier alpha value is -3.90. The summed E-state index contributed by atoms with van der Waals surface area (Å²) in [5.74, 6) is 6.82.